The second-order valence-electron chi connectivity index (χ2n) is 7.21. The molecular weight excluding hydrogens is 391 g/mol. The smallest absolute Gasteiger partial charge is 0.317 e. The third-order valence-electron chi connectivity index (χ3n) is 5.55. The molecule has 1 aliphatic rings. The fraction of sp³-hybridized carbons (Fsp3) is 0.391. The van der Waals surface area contributed by atoms with Crippen LogP contribution in [0.2, 0.25) is 0 Å². The van der Waals surface area contributed by atoms with Crippen molar-refractivity contribution < 1.29 is 32.9 Å². The Morgan fingerprint density at radius 1 is 0.967 bits per heavy atom. The van der Waals surface area contributed by atoms with Gasteiger partial charge in [-0.1, -0.05) is 25.0 Å². The predicted molar refractivity (Wildman–Crippen MR) is 108 cm³/mol. The van der Waals surface area contributed by atoms with Crippen LogP contribution in [-0.2, 0) is 14.9 Å². The number of rotatable bonds is 8. The molecule has 0 saturated heterocycles. The summed E-state index contributed by atoms with van der Waals surface area (Å²) in [6, 6.07) is 9.04. The van der Waals surface area contributed by atoms with Gasteiger partial charge in [-0.3, -0.25) is 9.59 Å². The van der Waals surface area contributed by atoms with Gasteiger partial charge < -0.3 is 18.9 Å². The highest BCUT2D eigenvalue weighted by Gasteiger charge is 2.44. The maximum atomic E-state index is 13.8. The lowest BCUT2D eigenvalue weighted by Gasteiger charge is -2.27. The number of carbonyl (C=O) groups is 2. The van der Waals surface area contributed by atoms with Gasteiger partial charge in [-0.05, 0) is 42.7 Å². The monoisotopic (exact) mass is 416 g/mol. The number of hydrogen-bond donors (Lipinski definition) is 0. The normalized spacial score (nSPS) is 14.8. The van der Waals surface area contributed by atoms with Gasteiger partial charge in [0, 0.05) is 5.56 Å². The van der Waals surface area contributed by atoms with Crippen LogP contribution in [0, 0.1) is 5.82 Å². The van der Waals surface area contributed by atoms with Crippen molar-refractivity contribution in [1.29, 1.82) is 0 Å². The van der Waals surface area contributed by atoms with Crippen LogP contribution in [0.25, 0.3) is 0 Å². The minimum Gasteiger partial charge on any atom is -0.493 e. The van der Waals surface area contributed by atoms with Crippen LogP contribution in [0.4, 0.5) is 4.39 Å². The maximum absolute atomic E-state index is 13.8. The minimum atomic E-state index is -0.919. The van der Waals surface area contributed by atoms with Gasteiger partial charge >= 0.3 is 5.97 Å². The molecule has 3 rings (SSSR count). The van der Waals surface area contributed by atoms with E-state index in [1.165, 1.54) is 45.6 Å². The molecule has 1 fully saturated rings. The van der Waals surface area contributed by atoms with Gasteiger partial charge in [0.2, 0.25) is 11.5 Å². The van der Waals surface area contributed by atoms with E-state index in [2.05, 4.69) is 0 Å². The number of hydrogen-bond acceptors (Lipinski definition) is 6. The van der Waals surface area contributed by atoms with Gasteiger partial charge in [0.05, 0.1) is 26.7 Å². The molecule has 6 nitrogen and oxygen atoms in total. The highest BCUT2D eigenvalue weighted by atomic mass is 19.1. The number of Topliss-reactive ketones (excluding diaryl/α,β-unsaturated/α-hetero) is 1. The SMILES string of the molecule is COc1cc(C(=O)COC(=O)C2(c3cccc(F)c3)CCCC2)cc(OC)c1OC. The van der Waals surface area contributed by atoms with Gasteiger partial charge in [-0.15, -0.1) is 0 Å². The molecule has 0 unspecified atom stereocenters. The van der Waals surface area contributed by atoms with Crippen molar-refractivity contribution in [2.45, 2.75) is 31.1 Å². The average molecular weight is 416 g/mol. The summed E-state index contributed by atoms with van der Waals surface area (Å²) >= 11 is 0. The molecule has 1 aliphatic carbocycles. The molecule has 2 aromatic rings. The molecule has 0 amide bonds. The number of halogens is 1. The first-order chi connectivity index (χ1) is 14.4. The topological polar surface area (TPSA) is 71.1 Å². The van der Waals surface area contributed by atoms with Crippen molar-refractivity contribution in [2.75, 3.05) is 27.9 Å². The van der Waals surface area contributed by atoms with E-state index in [1.807, 2.05) is 0 Å². The van der Waals surface area contributed by atoms with Crippen molar-refractivity contribution in [1.82, 2.24) is 0 Å². The van der Waals surface area contributed by atoms with Crippen LogP contribution in [0.15, 0.2) is 36.4 Å². The van der Waals surface area contributed by atoms with E-state index in [4.69, 9.17) is 18.9 Å². The van der Waals surface area contributed by atoms with Crippen molar-refractivity contribution in [2.24, 2.45) is 0 Å². The number of ether oxygens (including phenoxy) is 4. The summed E-state index contributed by atoms with van der Waals surface area (Å²) < 4.78 is 34.9. The molecule has 0 aromatic heterocycles. The molecule has 0 aliphatic heterocycles. The molecule has 0 spiro atoms. The Bertz CT molecular complexity index is 908. The Morgan fingerprint density at radius 2 is 1.60 bits per heavy atom. The average Bonchev–Trinajstić information content (AvgIpc) is 3.27. The zero-order valence-corrected chi connectivity index (χ0v) is 17.3. The zero-order chi connectivity index (χ0) is 21.7. The third kappa shape index (κ3) is 4.10. The molecule has 30 heavy (non-hydrogen) atoms. The molecular formula is C23H25FO6. The highest BCUT2D eigenvalue weighted by Crippen LogP contribution is 2.42. The highest BCUT2D eigenvalue weighted by molar-refractivity contribution is 5.99. The van der Waals surface area contributed by atoms with E-state index in [0.717, 1.165) is 12.8 Å². The van der Waals surface area contributed by atoms with Crippen LogP contribution < -0.4 is 14.2 Å². The second-order valence-corrected chi connectivity index (χ2v) is 7.21. The molecule has 2 aromatic carbocycles. The van der Waals surface area contributed by atoms with Gasteiger partial charge in [0.15, 0.2) is 18.1 Å². The van der Waals surface area contributed by atoms with Crippen molar-refractivity contribution in [3.63, 3.8) is 0 Å². The standard InChI is InChI=1S/C23H25FO6/c1-27-19-11-15(12-20(28-2)21(19)29-3)18(25)14-30-22(26)23(9-4-5-10-23)16-7-6-8-17(24)13-16/h6-8,11-13H,4-5,9-10,14H2,1-3H3. The fourth-order valence-electron chi connectivity index (χ4n) is 3.97. The number of ketones is 1. The van der Waals surface area contributed by atoms with E-state index >= 15 is 0 Å². The molecule has 0 atom stereocenters. The quantitative estimate of drug-likeness (QED) is 0.477. The first-order valence-corrected chi connectivity index (χ1v) is 9.71. The van der Waals surface area contributed by atoms with E-state index < -0.39 is 29.6 Å². The van der Waals surface area contributed by atoms with Gasteiger partial charge in [-0.2, -0.15) is 0 Å². The van der Waals surface area contributed by atoms with Crippen molar-refractivity contribution in [3.05, 3.63) is 53.3 Å². The predicted octanol–water partition coefficient (Wildman–Crippen LogP) is 4.09. The van der Waals surface area contributed by atoms with Gasteiger partial charge in [0.25, 0.3) is 0 Å². The molecule has 7 heteroatoms. The Labute approximate surface area is 174 Å². The van der Waals surface area contributed by atoms with Crippen LogP contribution in [-0.4, -0.2) is 39.7 Å². The summed E-state index contributed by atoms with van der Waals surface area (Å²) in [7, 11) is 4.37. The summed E-state index contributed by atoms with van der Waals surface area (Å²) in [5, 5.41) is 0. The van der Waals surface area contributed by atoms with Crippen molar-refractivity contribution in [3.8, 4) is 17.2 Å². The maximum Gasteiger partial charge on any atom is 0.317 e. The lowest BCUT2D eigenvalue weighted by molar-refractivity contribution is -0.149. The number of carbonyl (C=O) groups excluding carboxylic acids is 2. The van der Waals surface area contributed by atoms with Gasteiger partial charge in [-0.25, -0.2) is 4.39 Å². The van der Waals surface area contributed by atoms with E-state index in [9.17, 15) is 14.0 Å². The minimum absolute atomic E-state index is 0.267. The summed E-state index contributed by atoms with van der Waals surface area (Å²) in [5.74, 6) is -0.289. The lowest BCUT2D eigenvalue weighted by atomic mass is 9.79. The molecule has 1 saturated carbocycles. The Kier molecular flexibility index (Phi) is 6.59. The van der Waals surface area contributed by atoms with E-state index in [1.54, 1.807) is 12.1 Å². The molecule has 0 heterocycles. The Morgan fingerprint density at radius 3 is 2.13 bits per heavy atom. The van der Waals surface area contributed by atoms with Gasteiger partial charge in [0.1, 0.15) is 5.82 Å². The lowest BCUT2D eigenvalue weighted by Crippen LogP contribution is -2.36. The summed E-state index contributed by atoms with van der Waals surface area (Å²) in [5.41, 5.74) is -0.0636. The van der Waals surface area contributed by atoms with Crippen molar-refractivity contribution >= 4 is 11.8 Å². The van der Waals surface area contributed by atoms with Crippen LogP contribution >= 0.6 is 0 Å². The summed E-state index contributed by atoms with van der Waals surface area (Å²) in [6.07, 6.45) is 2.81. The number of esters is 1. The molecule has 160 valence electrons. The van der Waals surface area contributed by atoms with Crippen LogP contribution in [0.1, 0.15) is 41.6 Å². The first-order valence-electron chi connectivity index (χ1n) is 9.71. The summed E-state index contributed by atoms with van der Waals surface area (Å²) in [6.45, 7) is -0.436. The number of benzene rings is 2. The molecule has 0 radical (unpaired) electrons. The van der Waals surface area contributed by atoms with E-state index in [0.29, 0.717) is 35.7 Å². The Hall–Kier alpha value is -3.09. The Balaban J connectivity index is 1.79. The molecule has 0 bridgehead atoms. The summed E-state index contributed by atoms with van der Waals surface area (Å²) in [4.78, 5) is 25.7. The van der Waals surface area contributed by atoms with Crippen LogP contribution in [0.5, 0.6) is 17.2 Å². The fourth-order valence-corrected chi connectivity index (χ4v) is 3.97. The zero-order valence-electron chi connectivity index (χ0n) is 17.3. The molecule has 0 N–H and O–H groups in total. The van der Waals surface area contributed by atoms with E-state index in [-0.39, 0.29) is 5.56 Å². The second kappa shape index (κ2) is 9.15. The first kappa shape index (κ1) is 21.6. The number of methoxy groups -OCH3 is 3. The van der Waals surface area contributed by atoms with Crippen LogP contribution in [0.3, 0.4) is 0 Å². The largest absolute Gasteiger partial charge is 0.493 e. The third-order valence-corrected chi connectivity index (χ3v) is 5.55.